The Hall–Kier alpha value is -1.72. The molecule has 0 N–H and O–H groups in total. The minimum Gasteiger partial charge on any atom is -0.358 e. The highest BCUT2D eigenvalue weighted by molar-refractivity contribution is 5.86. The average Bonchev–Trinajstić information content (AvgIpc) is 2.46. The van der Waals surface area contributed by atoms with Crippen molar-refractivity contribution in [2.24, 2.45) is 12.5 Å². The molecule has 88 valence electrons. The number of imidazole rings is 1. The zero-order valence-electron chi connectivity index (χ0n) is 9.85. The molecule has 0 spiro atoms. The number of hydrogen-bond donors (Lipinski definition) is 0. The summed E-state index contributed by atoms with van der Waals surface area (Å²) in [5.41, 5.74) is -0.150. The molecular formula is C10H15N3O3. The lowest BCUT2D eigenvalue weighted by molar-refractivity contribution is -0.390. The Labute approximate surface area is 93.4 Å². The van der Waals surface area contributed by atoms with E-state index >= 15 is 0 Å². The Kier molecular flexibility index (Phi) is 3.11. The summed E-state index contributed by atoms with van der Waals surface area (Å²) in [6.07, 6.45) is 1.39. The first kappa shape index (κ1) is 12.4. The van der Waals surface area contributed by atoms with Crippen LogP contribution < -0.4 is 0 Å². The molecule has 1 rings (SSSR count). The maximum atomic E-state index is 11.8. The number of hydrogen-bond acceptors (Lipinski definition) is 4. The third kappa shape index (κ3) is 2.44. The summed E-state index contributed by atoms with van der Waals surface area (Å²) in [6, 6.07) is 0. The van der Waals surface area contributed by atoms with Gasteiger partial charge in [0.25, 0.3) is 0 Å². The molecule has 1 aromatic heterocycles. The summed E-state index contributed by atoms with van der Waals surface area (Å²) in [7, 11) is 1.64. The lowest BCUT2D eigenvalue weighted by Gasteiger charge is -2.15. The van der Waals surface area contributed by atoms with Crippen molar-refractivity contribution in [2.45, 2.75) is 27.2 Å². The molecule has 0 aliphatic carbocycles. The van der Waals surface area contributed by atoms with Gasteiger partial charge in [0.05, 0.1) is 6.42 Å². The van der Waals surface area contributed by atoms with E-state index in [-0.39, 0.29) is 18.0 Å². The number of Topliss-reactive ketones (excluding diaryl/α,β-unsaturated/α-hetero) is 1. The third-order valence-corrected chi connectivity index (χ3v) is 2.37. The molecule has 0 radical (unpaired) electrons. The largest absolute Gasteiger partial charge is 0.385 e. The Morgan fingerprint density at radius 3 is 2.56 bits per heavy atom. The fraction of sp³-hybridized carbons (Fsp3) is 0.600. The van der Waals surface area contributed by atoms with Gasteiger partial charge in [-0.3, -0.25) is 4.79 Å². The smallest absolute Gasteiger partial charge is 0.358 e. The van der Waals surface area contributed by atoms with Crippen molar-refractivity contribution < 1.29 is 9.72 Å². The molecule has 0 bridgehead atoms. The lowest BCUT2D eigenvalue weighted by Crippen LogP contribution is -2.23. The SMILES string of the molecule is Cn1cnc([N+](=O)[O-])c1CC(=O)C(C)(C)C. The van der Waals surface area contributed by atoms with Gasteiger partial charge >= 0.3 is 5.82 Å². The second-order valence-electron chi connectivity index (χ2n) is 4.73. The topological polar surface area (TPSA) is 78.0 Å². The first-order valence-corrected chi connectivity index (χ1v) is 4.91. The van der Waals surface area contributed by atoms with Crippen LogP contribution in [0.25, 0.3) is 0 Å². The van der Waals surface area contributed by atoms with E-state index in [0.717, 1.165) is 0 Å². The zero-order chi connectivity index (χ0) is 12.5. The summed E-state index contributed by atoms with van der Waals surface area (Å²) in [6.45, 7) is 5.37. The fourth-order valence-corrected chi connectivity index (χ4v) is 1.22. The van der Waals surface area contributed by atoms with Gasteiger partial charge in [0.1, 0.15) is 11.5 Å². The highest BCUT2D eigenvalue weighted by atomic mass is 16.6. The molecule has 0 aliphatic heterocycles. The number of nitrogens with zero attached hydrogens (tertiary/aromatic N) is 3. The lowest BCUT2D eigenvalue weighted by atomic mass is 9.88. The van der Waals surface area contributed by atoms with E-state index in [1.54, 1.807) is 27.8 Å². The molecule has 0 aromatic carbocycles. The van der Waals surface area contributed by atoms with Gasteiger partial charge in [-0.05, 0) is 9.91 Å². The van der Waals surface area contributed by atoms with Crippen LogP contribution in [0.15, 0.2) is 6.33 Å². The summed E-state index contributed by atoms with van der Waals surface area (Å²) in [4.78, 5) is 25.6. The quantitative estimate of drug-likeness (QED) is 0.576. The average molecular weight is 225 g/mol. The van der Waals surface area contributed by atoms with Crippen LogP contribution in [0.2, 0.25) is 0 Å². The first-order chi connectivity index (χ1) is 7.23. The van der Waals surface area contributed by atoms with Crippen LogP contribution in [-0.4, -0.2) is 20.3 Å². The van der Waals surface area contributed by atoms with Gasteiger partial charge in [0, 0.05) is 12.5 Å². The Bertz CT molecular complexity index is 429. The minimum atomic E-state index is -0.564. The minimum absolute atomic E-state index is 0.0380. The molecule has 6 nitrogen and oxygen atoms in total. The van der Waals surface area contributed by atoms with E-state index in [4.69, 9.17) is 0 Å². The standard InChI is InChI=1S/C10H15N3O3/c1-10(2,3)8(14)5-7-9(13(15)16)11-6-12(7)4/h6H,5H2,1-4H3. The second-order valence-corrected chi connectivity index (χ2v) is 4.73. The van der Waals surface area contributed by atoms with E-state index in [1.807, 2.05) is 0 Å². The van der Waals surface area contributed by atoms with Crippen molar-refractivity contribution in [1.29, 1.82) is 0 Å². The molecule has 0 saturated carbocycles. The number of nitro groups is 1. The van der Waals surface area contributed by atoms with Crippen LogP contribution in [0.5, 0.6) is 0 Å². The van der Waals surface area contributed by atoms with Gasteiger partial charge in [0.2, 0.25) is 6.33 Å². The first-order valence-electron chi connectivity index (χ1n) is 4.91. The molecule has 0 fully saturated rings. The Morgan fingerprint density at radius 1 is 1.56 bits per heavy atom. The number of rotatable bonds is 3. The molecule has 1 aromatic rings. The van der Waals surface area contributed by atoms with Gasteiger partial charge < -0.3 is 14.7 Å². The normalized spacial score (nSPS) is 11.5. The van der Waals surface area contributed by atoms with Gasteiger partial charge in [-0.2, -0.15) is 0 Å². The summed E-state index contributed by atoms with van der Waals surface area (Å²) < 4.78 is 1.52. The van der Waals surface area contributed by atoms with E-state index < -0.39 is 10.3 Å². The molecule has 0 aliphatic rings. The fourth-order valence-electron chi connectivity index (χ4n) is 1.22. The van der Waals surface area contributed by atoms with Crippen LogP contribution in [0, 0.1) is 15.5 Å². The molecule has 6 heteroatoms. The van der Waals surface area contributed by atoms with Crippen molar-refractivity contribution in [1.82, 2.24) is 9.55 Å². The second kappa shape index (κ2) is 4.03. The van der Waals surface area contributed by atoms with Gasteiger partial charge in [-0.1, -0.05) is 20.8 Å². The highest BCUT2D eigenvalue weighted by Crippen LogP contribution is 2.22. The third-order valence-electron chi connectivity index (χ3n) is 2.37. The molecule has 0 saturated heterocycles. The summed E-state index contributed by atoms with van der Waals surface area (Å²) >= 11 is 0. The van der Waals surface area contributed by atoms with Crippen LogP contribution in [0.3, 0.4) is 0 Å². The maximum absolute atomic E-state index is 11.8. The van der Waals surface area contributed by atoms with Crippen LogP contribution >= 0.6 is 0 Å². The van der Waals surface area contributed by atoms with Gasteiger partial charge in [-0.15, -0.1) is 0 Å². The summed E-state index contributed by atoms with van der Waals surface area (Å²) in [5.74, 6) is -0.278. The molecule has 0 unspecified atom stereocenters. The van der Waals surface area contributed by atoms with Crippen LogP contribution in [0.1, 0.15) is 26.5 Å². The molecule has 1 heterocycles. The van der Waals surface area contributed by atoms with Crippen molar-refractivity contribution in [3.05, 3.63) is 22.1 Å². The van der Waals surface area contributed by atoms with Crippen LogP contribution in [-0.2, 0) is 18.3 Å². The highest BCUT2D eigenvalue weighted by Gasteiger charge is 2.27. The molecular weight excluding hydrogens is 210 g/mol. The predicted molar refractivity (Wildman–Crippen MR) is 58.0 cm³/mol. The number of aromatic nitrogens is 2. The van der Waals surface area contributed by atoms with Gasteiger partial charge in [-0.25, -0.2) is 0 Å². The molecule has 0 amide bonds. The van der Waals surface area contributed by atoms with E-state index in [2.05, 4.69) is 4.98 Å². The number of aryl methyl sites for hydroxylation is 1. The monoisotopic (exact) mass is 225 g/mol. The van der Waals surface area contributed by atoms with Crippen LogP contribution in [0.4, 0.5) is 5.82 Å². The predicted octanol–water partition coefficient (Wildman–Crippen LogP) is 1.49. The Balaban J connectivity index is 3.02. The number of carbonyl (C=O) groups is 1. The molecule has 0 atom stereocenters. The van der Waals surface area contributed by atoms with Gasteiger partial charge in [0.15, 0.2) is 0 Å². The zero-order valence-corrected chi connectivity index (χ0v) is 9.85. The maximum Gasteiger partial charge on any atom is 0.385 e. The van der Waals surface area contributed by atoms with Crippen molar-refractivity contribution in [3.8, 4) is 0 Å². The Morgan fingerprint density at radius 2 is 2.12 bits per heavy atom. The number of ketones is 1. The summed E-state index contributed by atoms with van der Waals surface area (Å²) in [5, 5.41) is 10.7. The van der Waals surface area contributed by atoms with Crippen molar-refractivity contribution in [2.75, 3.05) is 0 Å². The van der Waals surface area contributed by atoms with E-state index in [0.29, 0.717) is 5.69 Å². The molecule has 16 heavy (non-hydrogen) atoms. The van der Waals surface area contributed by atoms with E-state index in [1.165, 1.54) is 10.9 Å². The van der Waals surface area contributed by atoms with E-state index in [9.17, 15) is 14.9 Å². The van der Waals surface area contributed by atoms with Crippen molar-refractivity contribution in [3.63, 3.8) is 0 Å². The number of carbonyl (C=O) groups excluding carboxylic acids is 1. The van der Waals surface area contributed by atoms with Crippen molar-refractivity contribution >= 4 is 11.6 Å².